The van der Waals surface area contributed by atoms with E-state index in [9.17, 15) is 0 Å². The summed E-state index contributed by atoms with van der Waals surface area (Å²) in [5.74, 6) is 0. The average Bonchev–Trinajstić information content (AvgIpc) is 2.48. The van der Waals surface area contributed by atoms with E-state index >= 15 is 0 Å². The first-order chi connectivity index (χ1) is 10.5. The third-order valence-electron chi connectivity index (χ3n) is 3.75. The van der Waals surface area contributed by atoms with Gasteiger partial charge in [0, 0.05) is 3.57 Å². The van der Waals surface area contributed by atoms with Gasteiger partial charge in [-0.05, 0) is 74.0 Å². The maximum absolute atomic E-state index is 2.75. The number of benzene rings is 3. The lowest BCUT2D eigenvalue weighted by molar-refractivity contribution is 1.47. The van der Waals surface area contributed by atoms with Crippen LogP contribution < -0.4 is 10.6 Å². The molecule has 0 spiro atoms. The van der Waals surface area contributed by atoms with Gasteiger partial charge in [-0.1, -0.05) is 54.6 Å². The second kappa shape index (κ2) is 6.79. The van der Waals surface area contributed by atoms with Crippen molar-refractivity contribution in [1.82, 2.24) is 0 Å². The summed E-state index contributed by atoms with van der Waals surface area (Å²) in [6, 6.07) is 21.9. The van der Waals surface area contributed by atoms with E-state index in [1.54, 1.807) is 0 Å². The predicted molar refractivity (Wildman–Crippen MR) is 113 cm³/mol. The zero-order chi connectivity index (χ0) is 15.7. The second-order valence-corrected chi connectivity index (χ2v) is 7.89. The van der Waals surface area contributed by atoms with Gasteiger partial charge in [0.05, 0.1) is 0 Å². The zero-order valence-corrected chi connectivity index (χ0v) is 16.8. The first-order valence-corrected chi connectivity index (χ1v) is 9.30. The number of aryl methyl sites for hydroxylation is 1. The molecule has 0 N–H and O–H groups in total. The lowest BCUT2D eigenvalue weighted by Crippen LogP contribution is -1.94. The Morgan fingerprint density at radius 3 is 1.73 bits per heavy atom. The molecule has 3 rings (SSSR count). The van der Waals surface area contributed by atoms with Gasteiger partial charge in [-0.2, -0.15) is 0 Å². The SMILES string of the molecule is Cc1cc(P)ccc1-c1ccc(-c2ccc(P)cc2I)cc1. The summed E-state index contributed by atoms with van der Waals surface area (Å²) in [6.07, 6.45) is 0. The van der Waals surface area contributed by atoms with Crippen LogP contribution in [0.15, 0.2) is 60.7 Å². The van der Waals surface area contributed by atoms with Crippen LogP contribution in [0.2, 0.25) is 0 Å². The van der Waals surface area contributed by atoms with E-state index in [0.717, 1.165) is 0 Å². The first kappa shape index (κ1) is 16.1. The van der Waals surface area contributed by atoms with Gasteiger partial charge in [0.1, 0.15) is 0 Å². The van der Waals surface area contributed by atoms with Gasteiger partial charge in [0.15, 0.2) is 0 Å². The van der Waals surface area contributed by atoms with E-state index in [0.29, 0.717) is 0 Å². The van der Waals surface area contributed by atoms with Gasteiger partial charge >= 0.3 is 0 Å². The quantitative estimate of drug-likeness (QED) is 0.396. The van der Waals surface area contributed by atoms with Gasteiger partial charge < -0.3 is 0 Å². The summed E-state index contributed by atoms with van der Waals surface area (Å²) in [6.45, 7) is 2.16. The van der Waals surface area contributed by atoms with E-state index in [-0.39, 0.29) is 0 Å². The molecular formula is C19H17IP2. The van der Waals surface area contributed by atoms with Crippen LogP contribution in [0.25, 0.3) is 22.3 Å². The standard InChI is InChI=1S/C19H17IP2/c1-12-10-15(21)6-8-17(12)13-2-4-14(5-3-13)18-9-7-16(22)11-19(18)20/h2-11H,21-22H2,1H3. The molecule has 3 heteroatoms. The first-order valence-electron chi connectivity index (χ1n) is 7.06. The fourth-order valence-corrected chi connectivity index (χ4v) is 4.40. The Hall–Kier alpha value is -0.750. The minimum Gasteiger partial charge on any atom is -0.106 e. The number of rotatable bonds is 2. The monoisotopic (exact) mass is 434 g/mol. The molecule has 0 fully saturated rings. The molecule has 0 aliphatic carbocycles. The molecule has 3 aromatic rings. The Balaban J connectivity index is 1.99. The summed E-state index contributed by atoms with van der Waals surface area (Å²) in [5, 5.41) is 2.45. The van der Waals surface area contributed by atoms with E-state index in [1.165, 1.54) is 42.0 Å². The maximum atomic E-state index is 2.75. The van der Waals surface area contributed by atoms with Gasteiger partial charge in [-0.3, -0.25) is 0 Å². The molecule has 0 radical (unpaired) electrons. The third-order valence-corrected chi connectivity index (χ3v) is 5.36. The van der Waals surface area contributed by atoms with Crippen LogP contribution in [0.1, 0.15) is 5.56 Å². The molecule has 3 aromatic carbocycles. The molecule has 0 saturated heterocycles. The maximum Gasteiger partial charge on any atom is 0.0214 e. The van der Waals surface area contributed by atoms with Crippen molar-refractivity contribution in [2.75, 3.05) is 0 Å². The Morgan fingerprint density at radius 1 is 0.682 bits per heavy atom. The van der Waals surface area contributed by atoms with Crippen LogP contribution in [0.5, 0.6) is 0 Å². The van der Waals surface area contributed by atoms with Gasteiger partial charge in [0.25, 0.3) is 0 Å². The normalized spacial score (nSPS) is 10.7. The van der Waals surface area contributed by atoms with E-state index in [4.69, 9.17) is 0 Å². The average molecular weight is 434 g/mol. The molecular weight excluding hydrogens is 417 g/mol. The summed E-state index contributed by atoms with van der Waals surface area (Å²) < 4.78 is 1.28. The molecule has 0 aliphatic rings. The Kier molecular flexibility index (Phi) is 4.97. The van der Waals surface area contributed by atoms with Crippen molar-refractivity contribution in [3.05, 3.63) is 69.8 Å². The highest BCUT2D eigenvalue weighted by atomic mass is 127. The molecule has 110 valence electrons. The van der Waals surface area contributed by atoms with Crippen molar-refractivity contribution >= 4 is 51.7 Å². The number of hydrogen-bond donors (Lipinski definition) is 0. The molecule has 2 atom stereocenters. The fourth-order valence-electron chi connectivity index (χ4n) is 2.61. The van der Waals surface area contributed by atoms with Crippen LogP contribution in [0.4, 0.5) is 0 Å². The van der Waals surface area contributed by atoms with Crippen molar-refractivity contribution in [3.63, 3.8) is 0 Å². The molecule has 2 unspecified atom stereocenters. The lowest BCUT2D eigenvalue weighted by atomic mass is 9.97. The summed E-state index contributed by atoms with van der Waals surface area (Å²) >= 11 is 2.40. The highest BCUT2D eigenvalue weighted by Crippen LogP contribution is 2.29. The molecule has 0 heterocycles. The summed E-state index contributed by atoms with van der Waals surface area (Å²) in [4.78, 5) is 0. The van der Waals surface area contributed by atoms with Gasteiger partial charge in [0.2, 0.25) is 0 Å². The van der Waals surface area contributed by atoms with E-state index in [1.807, 2.05) is 0 Å². The van der Waals surface area contributed by atoms with Crippen LogP contribution in [-0.2, 0) is 0 Å². The molecule has 0 saturated carbocycles. The van der Waals surface area contributed by atoms with Gasteiger partial charge in [-0.25, -0.2) is 0 Å². The van der Waals surface area contributed by atoms with Crippen molar-refractivity contribution < 1.29 is 0 Å². The summed E-state index contributed by atoms with van der Waals surface area (Å²) in [5.41, 5.74) is 6.42. The number of hydrogen-bond acceptors (Lipinski definition) is 0. The molecule has 0 nitrogen and oxygen atoms in total. The Labute approximate surface area is 150 Å². The fraction of sp³-hybridized carbons (Fsp3) is 0.0526. The zero-order valence-electron chi connectivity index (χ0n) is 12.3. The molecule has 0 aromatic heterocycles. The summed E-state index contributed by atoms with van der Waals surface area (Å²) in [7, 11) is 5.50. The Morgan fingerprint density at radius 2 is 1.18 bits per heavy atom. The van der Waals surface area contributed by atoms with Crippen LogP contribution in [-0.4, -0.2) is 0 Å². The van der Waals surface area contributed by atoms with Crippen LogP contribution >= 0.6 is 41.1 Å². The minimum absolute atomic E-state index is 1.22. The van der Waals surface area contributed by atoms with E-state index < -0.39 is 0 Å². The molecule has 0 bridgehead atoms. The number of halogens is 1. The van der Waals surface area contributed by atoms with Crippen molar-refractivity contribution in [2.45, 2.75) is 6.92 Å². The van der Waals surface area contributed by atoms with E-state index in [2.05, 4.69) is 109 Å². The molecule has 0 aliphatic heterocycles. The largest absolute Gasteiger partial charge is 0.106 e. The minimum atomic E-state index is 1.22. The topological polar surface area (TPSA) is 0 Å². The predicted octanol–water partition coefficient (Wildman–Crippen LogP) is 4.93. The van der Waals surface area contributed by atoms with Crippen LogP contribution in [0.3, 0.4) is 0 Å². The molecule has 22 heavy (non-hydrogen) atoms. The highest BCUT2D eigenvalue weighted by Gasteiger charge is 2.06. The van der Waals surface area contributed by atoms with Crippen molar-refractivity contribution in [2.24, 2.45) is 0 Å². The smallest absolute Gasteiger partial charge is 0.0214 e. The van der Waals surface area contributed by atoms with Crippen molar-refractivity contribution in [1.29, 1.82) is 0 Å². The lowest BCUT2D eigenvalue weighted by Gasteiger charge is -2.10. The van der Waals surface area contributed by atoms with Gasteiger partial charge in [-0.15, -0.1) is 18.5 Å². The second-order valence-electron chi connectivity index (χ2n) is 5.39. The Bertz CT molecular complexity index is 753. The third kappa shape index (κ3) is 3.43. The highest BCUT2D eigenvalue weighted by molar-refractivity contribution is 14.1. The van der Waals surface area contributed by atoms with Crippen molar-refractivity contribution in [3.8, 4) is 22.3 Å². The van der Waals surface area contributed by atoms with Crippen LogP contribution in [0, 0.1) is 10.5 Å². The molecule has 0 amide bonds.